The molecule has 0 heterocycles. The molecule has 0 unspecified atom stereocenters. The molecule has 0 saturated carbocycles. The van der Waals surface area contributed by atoms with E-state index >= 15 is 0 Å². The Morgan fingerprint density at radius 1 is 1.48 bits per heavy atom. The molecule has 0 aromatic heterocycles. The minimum atomic E-state index is -3.89. The summed E-state index contributed by atoms with van der Waals surface area (Å²) in [5.74, 6) is 4.69. The smallest absolute Gasteiger partial charge is 0.244 e. The van der Waals surface area contributed by atoms with Gasteiger partial charge in [-0.05, 0) is 18.2 Å². The standard InChI is InChI=1S/C13H15ClN2O4S/c1-16(9-13(15)18)21(19,20)12-6-5-10(8-11(12)14)4-2-3-7-17/h5-6,8,17H,3,7,9H2,1H3,(H2,15,18). The first kappa shape index (κ1) is 17.5. The predicted molar refractivity (Wildman–Crippen MR) is 79.0 cm³/mol. The monoisotopic (exact) mass is 330 g/mol. The zero-order valence-corrected chi connectivity index (χ0v) is 12.9. The molecule has 3 N–H and O–H groups in total. The number of carbonyl (C=O) groups is 1. The van der Waals surface area contributed by atoms with Crippen LogP contribution in [0.1, 0.15) is 12.0 Å². The second-order valence-electron chi connectivity index (χ2n) is 4.15. The normalized spacial score (nSPS) is 11.0. The van der Waals surface area contributed by atoms with Crippen molar-refractivity contribution in [2.24, 2.45) is 5.73 Å². The predicted octanol–water partition coefficient (Wildman–Crippen LogP) is 0.180. The molecule has 0 aliphatic heterocycles. The van der Waals surface area contributed by atoms with Crippen LogP contribution in [0.2, 0.25) is 5.02 Å². The van der Waals surface area contributed by atoms with E-state index in [-0.39, 0.29) is 16.5 Å². The summed E-state index contributed by atoms with van der Waals surface area (Å²) in [6.45, 7) is -0.484. The van der Waals surface area contributed by atoms with Gasteiger partial charge in [0.25, 0.3) is 0 Å². The van der Waals surface area contributed by atoms with Crippen molar-refractivity contribution >= 4 is 27.5 Å². The summed E-state index contributed by atoms with van der Waals surface area (Å²) in [7, 11) is -2.65. The molecule has 0 aliphatic carbocycles. The zero-order valence-electron chi connectivity index (χ0n) is 11.3. The molecule has 0 radical (unpaired) electrons. The lowest BCUT2D eigenvalue weighted by Crippen LogP contribution is -2.35. The fraction of sp³-hybridized carbons (Fsp3) is 0.308. The molecule has 0 bridgehead atoms. The molecule has 0 atom stereocenters. The summed E-state index contributed by atoms with van der Waals surface area (Å²) in [5, 5.41) is 8.63. The number of nitrogens with zero attached hydrogens (tertiary/aromatic N) is 1. The average molecular weight is 331 g/mol. The van der Waals surface area contributed by atoms with Gasteiger partial charge in [-0.3, -0.25) is 4.79 Å². The largest absolute Gasteiger partial charge is 0.395 e. The fourth-order valence-electron chi connectivity index (χ4n) is 1.48. The Kier molecular flexibility index (Phi) is 6.18. The lowest BCUT2D eigenvalue weighted by molar-refractivity contribution is -0.118. The first-order chi connectivity index (χ1) is 9.78. The van der Waals surface area contributed by atoms with E-state index in [2.05, 4.69) is 11.8 Å². The highest BCUT2D eigenvalue weighted by Crippen LogP contribution is 2.24. The van der Waals surface area contributed by atoms with Crippen LogP contribution >= 0.6 is 11.6 Å². The first-order valence-corrected chi connectivity index (χ1v) is 7.74. The lowest BCUT2D eigenvalue weighted by Gasteiger charge is -2.16. The molecule has 21 heavy (non-hydrogen) atoms. The third kappa shape index (κ3) is 4.72. The van der Waals surface area contributed by atoms with Crippen molar-refractivity contribution in [3.63, 3.8) is 0 Å². The minimum absolute atomic E-state index is 0.00196. The number of halogens is 1. The van der Waals surface area contributed by atoms with Crippen molar-refractivity contribution < 1.29 is 18.3 Å². The third-order valence-electron chi connectivity index (χ3n) is 2.47. The van der Waals surface area contributed by atoms with E-state index < -0.39 is 22.5 Å². The molecule has 1 amide bonds. The molecule has 8 heteroatoms. The highest BCUT2D eigenvalue weighted by Gasteiger charge is 2.24. The van der Waals surface area contributed by atoms with Crippen molar-refractivity contribution in [2.75, 3.05) is 20.2 Å². The average Bonchev–Trinajstić information content (AvgIpc) is 2.38. The van der Waals surface area contributed by atoms with Crippen molar-refractivity contribution in [1.82, 2.24) is 4.31 Å². The van der Waals surface area contributed by atoms with Gasteiger partial charge in [-0.15, -0.1) is 0 Å². The van der Waals surface area contributed by atoms with Gasteiger partial charge in [-0.25, -0.2) is 8.42 Å². The van der Waals surface area contributed by atoms with Crippen LogP contribution in [0.25, 0.3) is 0 Å². The number of likely N-dealkylation sites (N-methyl/N-ethyl adjacent to an activating group) is 1. The number of amides is 1. The van der Waals surface area contributed by atoms with Gasteiger partial charge in [0.15, 0.2) is 0 Å². The van der Waals surface area contributed by atoms with Gasteiger partial charge in [0.1, 0.15) is 4.90 Å². The Bertz CT molecular complexity index is 692. The quantitative estimate of drug-likeness (QED) is 0.752. The Morgan fingerprint density at radius 3 is 2.67 bits per heavy atom. The molecule has 0 aliphatic rings. The number of sulfonamides is 1. The van der Waals surface area contributed by atoms with Crippen LogP contribution in [0.5, 0.6) is 0 Å². The molecule has 0 fully saturated rings. The summed E-state index contributed by atoms with van der Waals surface area (Å²) in [5.41, 5.74) is 5.51. The van der Waals surface area contributed by atoms with Crippen LogP contribution in [0.3, 0.4) is 0 Å². The minimum Gasteiger partial charge on any atom is -0.395 e. The van der Waals surface area contributed by atoms with E-state index in [1.165, 1.54) is 25.2 Å². The fourth-order valence-corrected chi connectivity index (χ4v) is 3.13. The van der Waals surface area contributed by atoms with E-state index in [9.17, 15) is 13.2 Å². The Labute approximate surface area is 128 Å². The van der Waals surface area contributed by atoms with Crippen LogP contribution in [-0.2, 0) is 14.8 Å². The Balaban J connectivity index is 3.10. The number of rotatable bonds is 5. The number of carbonyl (C=O) groups excluding carboxylic acids is 1. The van der Waals surface area contributed by atoms with E-state index in [4.69, 9.17) is 22.4 Å². The molecular weight excluding hydrogens is 316 g/mol. The molecule has 114 valence electrons. The molecule has 1 aromatic carbocycles. The lowest BCUT2D eigenvalue weighted by atomic mass is 10.2. The van der Waals surface area contributed by atoms with Gasteiger partial charge in [0, 0.05) is 19.0 Å². The number of primary amides is 1. The topological polar surface area (TPSA) is 101 Å². The van der Waals surface area contributed by atoms with Gasteiger partial charge in [0.2, 0.25) is 15.9 Å². The molecule has 1 rings (SSSR count). The van der Waals surface area contributed by atoms with Crippen molar-refractivity contribution in [3.05, 3.63) is 28.8 Å². The van der Waals surface area contributed by atoms with Gasteiger partial charge in [-0.1, -0.05) is 23.4 Å². The zero-order chi connectivity index (χ0) is 16.0. The Hall–Kier alpha value is -1.59. The molecule has 0 saturated heterocycles. The van der Waals surface area contributed by atoms with E-state index in [0.29, 0.717) is 12.0 Å². The van der Waals surface area contributed by atoms with Crippen LogP contribution in [0.15, 0.2) is 23.1 Å². The van der Waals surface area contributed by atoms with Gasteiger partial charge < -0.3 is 10.8 Å². The maximum Gasteiger partial charge on any atom is 0.244 e. The van der Waals surface area contributed by atoms with Crippen LogP contribution < -0.4 is 5.73 Å². The number of aliphatic hydroxyl groups is 1. The van der Waals surface area contributed by atoms with Gasteiger partial charge in [0.05, 0.1) is 18.2 Å². The summed E-state index contributed by atoms with van der Waals surface area (Å²) >= 11 is 5.97. The SMILES string of the molecule is CN(CC(N)=O)S(=O)(=O)c1ccc(C#CCCO)cc1Cl. The van der Waals surface area contributed by atoms with E-state index in [1.54, 1.807) is 0 Å². The number of aliphatic hydroxyl groups excluding tert-OH is 1. The van der Waals surface area contributed by atoms with Gasteiger partial charge in [-0.2, -0.15) is 4.31 Å². The van der Waals surface area contributed by atoms with E-state index in [0.717, 1.165) is 4.31 Å². The molecule has 6 nitrogen and oxygen atoms in total. The van der Waals surface area contributed by atoms with E-state index in [1.807, 2.05) is 0 Å². The molecule has 1 aromatic rings. The number of benzene rings is 1. The van der Waals surface area contributed by atoms with Gasteiger partial charge >= 0.3 is 0 Å². The number of hydrogen-bond donors (Lipinski definition) is 2. The third-order valence-corrected chi connectivity index (χ3v) is 4.75. The number of hydrogen-bond acceptors (Lipinski definition) is 4. The van der Waals surface area contributed by atoms with Crippen LogP contribution in [0, 0.1) is 11.8 Å². The second-order valence-corrected chi connectivity index (χ2v) is 6.57. The van der Waals surface area contributed by atoms with Crippen molar-refractivity contribution in [1.29, 1.82) is 0 Å². The summed E-state index contributed by atoms with van der Waals surface area (Å²) in [4.78, 5) is 10.7. The molecule has 0 spiro atoms. The summed E-state index contributed by atoms with van der Waals surface area (Å²) < 4.78 is 25.3. The summed E-state index contributed by atoms with van der Waals surface area (Å²) in [6, 6.07) is 4.23. The van der Waals surface area contributed by atoms with Crippen molar-refractivity contribution in [2.45, 2.75) is 11.3 Å². The van der Waals surface area contributed by atoms with Crippen molar-refractivity contribution in [3.8, 4) is 11.8 Å². The maximum absolute atomic E-state index is 12.2. The second kappa shape index (κ2) is 7.43. The first-order valence-electron chi connectivity index (χ1n) is 5.93. The van der Waals surface area contributed by atoms with Crippen LogP contribution in [0.4, 0.5) is 0 Å². The van der Waals surface area contributed by atoms with Crippen LogP contribution in [-0.4, -0.2) is 43.9 Å². The highest BCUT2D eigenvalue weighted by molar-refractivity contribution is 7.89. The maximum atomic E-state index is 12.2. The highest BCUT2D eigenvalue weighted by atomic mass is 35.5. The molecular formula is C13H15ClN2O4S. The Morgan fingerprint density at radius 2 is 2.14 bits per heavy atom. The number of nitrogens with two attached hydrogens (primary N) is 1. The summed E-state index contributed by atoms with van der Waals surface area (Å²) in [6.07, 6.45) is 0.318.